The standard InChI is InChI=1S/C12H17NO/c1-11(10-14)13-9-5-8-12-6-3-2-4-7-12/h2-8,11,13-14H,9-10H2,1H3/b8-5+/t11-/m0/s1. The molecule has 0 aliphatic carbocycles. The molecule has 0 aliphatic rings. The fraction of sp³-hybridized carbons (Fsp3) is 0.333. The lowest BCUT2D eigenvalue weighted by molar-refractivity contribution is 0.255. The van der Waals surface area contributed by atoms with Crippen molar-refractivity contribution in [1.29, 1.82) is 0 Å². The van der Waals surface area contributed by atoms with E-state index in [9.17, 15) is 0 Å². The zero-order chi connectivity index (χ0) is 10.2. The van der Waals surface area contributed by atoms with Gasteiger partial charge in [-0.2, -0.15) is 0 Å². The summed E-state index contributed by atoms with van der Waals surface area (Å²) < 4.78 is 0. The zero-order valence-corrected chi connectivity index (χ0v) is 8.48. The average Bonchev–Trinajstić information content (AvgIpc) is 2.25. The number of aliphatic hydroxyl groups is 1. The van der Waals surface area contributed by atoms with E-state index >= 15 is 0 Å². The van der Waals surface area contributed by atoms with E-state index in [1.54, 1.807) is 0 Å². The molecule has 1 aromatic carbocycles. The Bertz CT molecular complexity index is 269. The van der Waals surface area contributed by atoms with Crippen LogP contribution >= 0.6 is 0 Å². The summed E-state index contributed by atoms with van der Waals surface area (Å²) in [5.74, 6) is 0. The predicted molar refractivity (Wildman–Crippen MR) is 60.0 cm³/mol. The summed E-state index contributed by atoms with van der Waals surface area (Å²) in [6.45, 7) is 2.92. The highest BCUT2D eigenvalue weighted by atomic mass is 16.3. The summed E-state index contributed by atoms with van der Waals surface area (Å²) in [6, 6.07) is 10.3. The largest absolute Gasteiger partial charge is 0.395 e. The fourth-order valence-corrected chi connectivity index (χ4v) is 1.09. The Hall–Kier alpha value is -1.12. The molecular weight excluding hydrogens is 174 g/mol. The highest BCUT2D eigenvalue weighted by Gasteiger charge is 1.93. The molecule has 1 aromatic rings. The van der Waals surface area contributed by atoms with Crippen molar-refractivity contribution in [1.82, 2.24) is 5.32 Å². The second kappa shape index (κ2) is 6.35. The molecule has 0 bridgehead atoms. The van der Waals surface area contributed by atoms with Crippen molar-refractivity contribution in [2.45, 2.75) is 13.0 Å². The monoisotopic (exact) mass is 191 g/mol. The second-order valence-electron chi connectivity index (χ2n) is 3.30. The van der Waals surface area contributed by atoms with Crippen molar-refractivity contribution in [3.8, 4) is 0 Å². The van der Waals surface area contributed by atoms with Crippen LogP contribution < -0.4 is 5.32 Å². The summed E-state index contributed by atoms with van der Waals surface area (Å²) in [6.07, 6.45) is 4.12. The van der Waals surface area contributed by atoms with Gasteiger partial charge in [0, 0.05) is 12.6 Å². The van der Waals surface area contributed by atoms with Gasteiger partial charge in [0.2, 0.25) is 0 Å². The normalized spacial score (nSPS) is 13.3. The molecule has 0 fully saturated rings. The summed E-state index contributed by atoms with van der Waals surface area (Å²) in [4.78, 5) is 0. The summed E-state index contributed by atoms with van der Waals surface area (Å²) in [5.41, 5.74) is 1.20. The van der Waals surface area contributed by atoms with Crippen LogP contribution in [0.5, 0.6) is 0 Å². The molecule has 76 valence electrons. The highest BCUT2D eigenvalue weighted by Crippen LogP contribution is 1.99. The lowest BCUT2D eigenvalue weighted by atomic mass is 10.2. The van der Waals surface area contributed by atoms with Crippen LogP contribution in [0.3, 0.4) is 0 Å². The number of rotatable bonds is 5. The number of hydrogen-bond acceptors (Lipinski definition) is 2. The first-order valence-corrected chi connectivity index (χ1v) is 4.88. The van der Waals surface area contributed by atoms with Crippen molar-refractivity contribution in [2.75, 3.05) is 13.2 Å². The molecule has 0 spiro atoms. The Morgan fingerprint density at radius 1 is 1.36 bits per heavy atom. The van der Waals surface area contributed by atoms with Crippen LogP contribution in [0.1, 0.15) is 12.5 Å². The second-order valence-corrected chi connectivity index (χ2v) is 3.30. The first kappa shape index (κ1) is 11.0. The SMILES string of the molecule is C[C@@H](CO)NC/C=C/c1ccccc1. The average molecular weight is 191 g/mol. The van der Waals surface area contributed by atoms with Crippen molar-refractivity contribution in [3.63, 3.8) is 0 Å². The van der Waals surface area contributed by atoms with E-state index in [1.165, 1.54) is 5.56 Å². The van der Waals surface area contributed by atoms with E-state index in [1.807, 2.05) is 25.1 Å². The predicted octanol–water partition coefficient (Wildman–Crippen LogP) is 1.67. The zero-order valence-electron chi connectivity index (χ0n) is 8.48. The number of benzene rings is 1. The van der Waals surface area contributed by atoms with E-state index < -0.39 is 0 Å². The lowest BCUT2D eigenvalue weighted by Gasteiger charge is -2.06. The lowest BCUT2D eigenvalue weighted by Crippen LogP contribution is -2.29. The molecule has 2 nitrogen and oxygen atoms in total. The van der Waals surface area contributed by atoms with Gasteiger partial charge in [0.1, 0.15) is 0 Å². The quantitative estimate of drug-likeness (QED) is 0.742. The molecule has 0 unspecified atom stereocenters. The molecule has 0 saturated carbocycles. The van der Waals surface area contributed by atoms with Crippen molar-refractivity contribution < 1.29 is 5.11 Å². The number of aliphatic hydroxyl groups excluding tert-OH is 1. The van der Waals surface area contributed by atoms with Crippen LogP contribution in [-0.4, -0.2) is 24.3 Å². The Kier molecular flexibility index (Phi) is 4.97. The summed E-state index contributed by atoms with van der Waals surface area (Å²) >= 11 is 0. The minimum Gasteiger partial charge on any atom is -0.395 e. The molecule has 2 N–H and O–H groups in total. The Balaban J connectivity index is 2.28. The number of nitrogens with one attached hydrogen (secondary N) is 1. The summed E-state index contributed by atoms with van der Waals surface area (Å²) in [5, 5.41) is 11.9. The third-order valence-electron chi connectivity index (χ3n) is 1.97. The van der Waals surface area contributed by atoms with Crippen molar-refractivity contribution >= 4 is 6.08 Å². The molecule has 0 saturated heterocycles. The van der Waals surface area contributed by atoms with Crippen LogP contribution in [0.2, 0.25) is 0 Å². The Labute approximate surface area is 85.3 Å². The fourth-order valence-electron chi connectivity index (χ4n) is 1.09. The molecule has 0 radical (unpaired) electrons. The van der Waals surface area contributed by atoms with E-state index in [4.69, 9.17) is 5.11 Å². The molecule has 0 heterocycles. The van der Waals surface area contributed by atoms with Crippen molar-refractivity contribution in [3.05, 3.63) is 42.0 Å². The van der Waals surface area contributed by atoms with Gasteiger partial charge in [-0.05, 0) is 12.5 Å². The molecule has 1 rings (SSSR count). The van der Waals surface area contributed by atoms with Gasteiger partial charge in [-0.3, -0.25) is 0 Å². The summed E-state index contributed by atoms with van der Waals surface area (Å²) in [7, 11) is 0. The molecular formula is C12H17NO. The van der Waals surface area contributed by atoms with E-state index in [0.29, 0.717) is 0 Å². The van der Waals surface area contributed by atoms with Gasteiger partial charge >= 0.3 is 0 Å². The number of hydrogen-bond donors (Lipinski definition) is 2. The maximum atomic E-state index is 8.76. The van der Waals surface area contributed by atoms with Crippen LogP contribution in [0.4, 0.5) is 0 Å². The molecule has 0 amide bonds. The van der Waals surface area contributed by atoms with Crippen LogP contribution in [0, 0.1) is 0 Å². The highest BCUT2D eigenvalue weighted by molar-refractivity contribution is 5.48. The maximum absolute atomic E-state index is 8.76. The van der Waals surface area contributed by atoms with Gasteiger partial charge in [-0.15, -0.1) is 0 Å². The minimum absolute atomic E-state index is 0.162. The first-order valence-electron chi connectivity index (χ1n) is 4.88. The smallest absolute Gasteiger partial charge is 0.0582 e. The third kappa shape index (κ3) is 4.21. The van der Waals surface area contributed by atoms with Gasteiger partial charge in [-0.25, -0.2) is 0 Å². The minimum atomic E-state index is 0.162. The van der Waals surface area contributed by atoms with Gasteiger partial charge in [0.05, 0.1) is 6.61 Å². The van der Waals surface area contributed by atoms with E-state index in [0.717, 1.165) is 6.54 Å². The topological polar surface area (TPSA) is 32.3 Å². The van der Waals surface area contributed by atoms with Gasteiger partial charge in [-0.1, -0.05) is 42.5 Å². The van der Waals surface area contributed by atoms with Crippen LogP contribution in [0.25, 0.3) is 6.08 Å². The molecule has 2 heteroatoms. The maximum Gasteiger partial charge on any atom is 0.0582 e. The van der Waals surface area contributed by atoms with Crippen LogP contribution in [-0.2, 0) is 0 Å². The van der Waals surface area contributed by atoms with Gasteiger partial charge < -0.3 is 10.4 Å². The first-order chi connectivity index (χ1) is 6.83. The Morgan fingerprint density at radius 2 is 2.07 bits per heavy atom. The third-order valence-corrected chi connectivity index (χ3v) is 1.97. The van der Waals surface area contributed by atoms with Crippen LogP contribution in [0.15, 0.2) is 36.4 Å². The molecule has 14 heavy (non-hydrogen) atoms. The van der Waals surface area contributed by atoms with E-state index in [2.05, 4.69) is 29.6 Å². The molecule has 1 atom stereocenters. The van der Waals surface area contributed by atoms with Gasteiger partial charge in [0.15, 0.2) is 0 Å². The van der Waals surface area contributed by atoms with Crippen molar-refractivity contribution in [2.24, 2.45) is 0 Å². The van der Waals surface area contributed by atoms with Gasteiger partial charge in [0.25, 0.3) is 0 Å². The van der Waals surface area contributed by atoms with E-state index in [-0.39, 0.29) is 12.6 Å². The Morgan fingerprint density at radius 3 is 2.71 bits per heavy atom. The molecule has 0 aliphatic heterocycles. The molecule has 0 aromatic heterocycles.